The maximum Gasteiger partial charge on any atom is 0.251 e. The van der Waals surface area contributed by atoms with Crippen LogP contribution in [0.1, 0.15) is 33.3 Å². The average Bonchev–Trinajstić information content (AvgIpc) is 3.36. The topological polar surface area (TPSA) is 84.4 Å². The fourth-order valence-electron chi connectivity index (χ4n) is 7.72. The monoisotopic (exact) mass is 628 g/mol. The summed E-state index contributed by atoms with van der Waals surface area (Å²) in [6, 6.07) is 16.5. The molecule has 0 bridgehead atoms. The molecule has 3 amide bonds. The summed E-state index contributed by atoms with van der Waals surface area (Å²) < 4.78 is -0.933. The number of hydrogen-bond acceptors (Lipinski definition) is 6. The molecule has 45 heavy (non-hydrogen) atoms. The maximum atomic E-state index is 14.8. The smallest absolute Gasteiger partial charge is 0.251 e. The third-order valence-corrected chi connectivity index (χ3v) is 11.7. The standard InChI is InChI=1S/C36H44N4O4S/c1-5-37(6-2)26-15-17-27(18-16-26)39-21-11-19-36-31(34(43)40(32(36)35(39)44)28(23-41)24(3)4)30-29(45-36)14-10-20-38(33(30)42)22-25-12-8-7-9-13-25/h7-19,24,28-32,41H,5-6,20-23H2,1-4H3/t28-,29+,30-,31-,32?,36-/m0/s1. The molecule has 6 atom stereocenters. The highest BCUT2D eigenvalue weighted by Crippen LogP contribution is 2.61. The highest BCUT2D eigenvalue weighted by Gasteiger charge is 2.72. The van der Waals surface area contributed by atoms with Crippen LogP contribution in [0.4, 0.5) is 11.4 Å². The second-order valence-corrected chi connectivity index (χ2v) is 14.2. The zero-order chi connectivity index (χ0) is 31.9. The van der Waals surface area contributed by atoms with Crippen LogP contribution in [0.15, 0.2) is 78.9 Å². The van der Waals surface area contributed by atoms with Gasteiger partial charge in [0.1, 0.15) is 6.04 Å². The van der Waals surface area contributed by atoms with Gasteiger partial charge in [0, 0.05) is 49.3 Å². The number of aliphatic hydroxyl groups is 1. The molecule has 6 rings (SSSR count). The maximum absolute atomic E-state index is 14.8. The van der Waals surface area contributed by atoms with Gasteiger partial charge in [0.05, 0.1) is 29.2 Å². The second-order valence-electron chi connectivity index (χ2n) is 12.8. The third kappa shape index (κ3) is 5.27. The number of carbonyl (C=O) groups is 3. The van der Waals surface area contributed by atoms with Crippen molar-refractivity contribution >= 4 is 40.9 Å². The van der Waals surface area contributed by atoms with Crippen molar-refractivity contribution in [2.75, 3.05) is 42.6 Å². The van der Waals surface area contributed by atoms with Crippen molar-refractivity contribution in [2.24, 2.45) is 17.8 Å². The summed E-state index contributed by atoms with van der Waals surface area (Å²) in [5.41, 5.74) is 2.89. The number of benzene rings is 2. The van der Waals surface area contributed by atoms with Crippen LogP contribution < -0.4 is 9.80 Å². The lowest BCUT2D eigenvalue weighted by Gasteiger charge is -2.39. The quantitative estimate of drug-likeness (QED) is 0.416. The first-order chi connectivity index (χ1) is 21.7. The molecule has 4 aliphatic heterocycles. The lowest BCUT2D eigenvalue weighted by molar-refractivity contribution is -0.145. The number of hydrogen-bond donors (Lipinski definition) is 1. The second kappa shape index (κ2) is 12.7. The summed E-state index contributed by atoms with van der Waals surface area (Å²) in [5, 5.41) is 10.4. The molecule has 8 nitrogen and oxygen atoms in total. The van der Waals surface area contributed by atoms with E-state index in [1.807, 2.05) is 91.6 Å². The summed E-state index contributed by atoms with van der Waals surface area (Å²) in [7, 11) is 0. The number of thioether (sulfide) groups is 1. The van der Waals surface area contributed by atoms with E-state index in [1.165, 1.54) is 0 Å². The summed E-state index contributed by atoms with van der Waals surface area (Å²) >= 11 is 1.58. The highest BCUT2D eigenvalue weighted by atomic mass is 32.2. The zero-order valence-electron chi connectivity index (χ0n) is 26.6. The molecule has 2 saturated heterocycles. The van der Waals surface area contributed by atoms with E-state index in [2.05, 4.69) is 24.8 Å². The lowest BCUT2D eigenvalue weighted by atomic mass is 9.78. The molecular formula is C36H44N4O4S. The average molecular weight is 629 g/mol. The van der Waals surface area contributed by atoms with Crippen molar-refractivity contribution in [3.63, 3.8) is 0 Å². The Balaban J connectivity index is 1.40. The van der Waals surface area contributed by atoms with Crippen LogP contribution in [-0.4, -0.2) is 87.5 Å². The van der Waals surface area contributed by atoms with Crippen LogP contribution >= 0.6 is 11.8 Å². The number of nitrogens with zero attached hydrogens (tertiary/aromatic N) is 4. The molecule has 9 heteroatoms. The van der Waals surface area contributed by atoms with Crippen LogP contribution in [0.5, 0.6) is 0 Å². The van der Waals surface area contributed by atoms with Gasteiger partial charge in [0.25, 0.3) is 5.91 Å². The fourth-order valence-corrected chi connectivity index (χ4v) is 9.71. The van der Waals surface area contributed by atoms with Crippen molar-refractivity contribution in [3.8, 4) is 0 Å². The number of carbonyl (C=O) groups excluding carboxylic acids is 3. The molecule has 0 radical (unpaired) electrons. The van der Waals surface area contributed by atoms with Gasteiger partial charge in [-0.2, -0.15) is 0 Å². The zero-order valence-corrected chi connectivity index (χ0v) is 27.4. The normalized spacial score (nSPS) is 28.2. The largest absolute Gasteiger partial charge is 0.394 e. The van der Waals surface area contributed by atoms with Gasteiger partial charge >= 0.3 is 0 Å². The Hall–Kier alpha value is -3.56. The van der Waals surface area contributed by atoms with Gasteiger partial charge in [0.2, 0.25) is 11.8 Å². The van der Waals surface area contributed by atoms with Crippen molar-refractivity contribution in [1.82, 2.24) is 9.80 Å². The number of aliphatic hydroxyl groups excluding tert-OH is 1. The number of amides is 3. The Kier molecular flexibility index (Phi) is 8.85. The molecule has 1 unspecified atom stereocenters. The highest BCUT2D eigenvalue weighted by molar-refractivity contribution is 8.02. The Morgan fingerprint density at radius 3 is 2.29 bits per heavy atom. The van der Waals surface area contributed by atoms with Crippen LogP contribution in [-0.2, 0) is 20.9 Å². The summed E-state index contributed by atoms with van der Waals surface area (Å²) in [5.74, 6) is -1.86. The minimum Gasteiger partial charge on any atom is -0.394 e. The number of rotatable bonds is 9. The predicted molar refractivity (Wildman–Crippen MR) is 180 cm³/mol. The summed E-state index contributed by atoms with van der Waals surface area (Å²) in [4.78, 5) is 51.4. The first-order valence-electron chi connectivity index (χ1n) is 16.2. The van der Waals surface area contributed by atoms with Gasteiger partial charge in [-0.05, 0) is 49.6 Å². The Morgan fingerprint density at radius 1 is 0.933 bits per heavy atom. The first kappa shape index (κ1) is 31.4. The van der Waals surface area contributed by atoms with Crippen molar-refractivity contribution < 1.29 is 19.5 Å². The van der Waals surface area contributed by atoms with Crippen LogP contribution in [0.25, 0.3) is 0 Å². The van der Waals surface area contributed by atoms with Gasteiger partial charge in [-0.15, -0.1) is 11.8 Å². The Bertz CT molecular complexity index is 1470. The van der Waals surface area contributed by atoms with Gasteiger partial charge in [-0.3, -0.25) is 14.4 Å². The van der Waals surface area contributed by atoms with Crippen molar-refractivity contribution in [3.05, 3.63) is 84.5 Å². The fraction of sp³-hybridized carbons (Fsp3) is 0.472. The molecule has 4 aliphatic rings. The van der Waals surface area contributed by atoms with Crippen molar-refractivity contribution in [2.45, 2.75) is 56.3 Å². The minimum absolute atomic E-state index is 0.0591. The van der Waals surface area contributed by atoms with Crippen LogP contribution in [0, 0.1) is 17.8 Å². The molecule has 0 aromatic heterocycles. The van der Waals surface area contributed by atoms with Gasteiger partial charge in [-0.25, -0.2) is 0 Å². The van der Waals surface area contributed by atoms with Crippen LogP contribution in [0.3, 0.4) is 0 Å². The molecule has 238 valence electrons. The van der Waals surface area contributed by atoms with E-state index in [9.17, 15) is 19.5 Å². The minimum atomic E-state index is -0.933. The summed E-state index contributed by atoms with van der Waals surface area (Å²) in [6.45, 7) is 11.0. The van der Waals surface area contributed by atoms with E-state index >= 15 is 0 Å². The van der Waals surface area contributed by atoms with E-state index in [0.29, 0.717) is 19.6 Å². The molecule has 4 heterocycles. The van der Waals surface area contributed by atoms with Gasteiger partial charge in [0.15, 0.2) is 0 Å². The number of anilines is 2. The molecule has 1 N–H and O–H groups in total. The van der Waals surface area contributed by atoms with Gasteiger partial charge in [-0.1, -0.05) is 68.5 Å². The van der Waals surface area contributed by atoms with E-state index in [0.717, 1.165) is 30.0 Å². The molecule has 1 spiro atoms. The molecular weight excluding hydrogens is 584 g/mol. The van der Waals surface area contributed by atoms with Crippen LogP contribution in [0.2, 0.25) is 0 Å². The van der Waals surface area contributed by atoms with E-state index in [1.54, 1.807) is 21.6 Å². The third-order valence-electron chi connectivity index (χ3n) is 10.0. The summed E-state index contributed by atoms with van der Waals surface area (Å²) in [6.07, 6.45) is 8.14. The van der Waals surface area contributed by atoms with E-state index in [-0.39, 0.29) is 35.5 Å². The predicted octanol–water partition coefficient (Wildman–Crippen LogP) is 4.35. The lowest BCUT2D eigenvalue weighted by Crippen LogP contribution is -2.57. The molecule has 2 fully saturated rings. The number of likely N-dealkylation sites (tertiary alicyclic amines) is 1. The Labute approximate surface area is 270 Å². The van der Waals surface area contributed by atoms with E-state index in [4.69, 9.17) is 0 Å². The number of fused-ring (bicyclic) bond motifs is 2. The Morgan fingerprint density at radius 2 is 1.64 bits per heavy atom. The van der Waals surface area contributed by atoms with E-state index < -0.39 is 28.7 Å². The molecule has 2 aromatic rings. The van der Waals surface area contributed by atoms with Crippen molar-refractivity contribution in [1.29, 1.82) is 0 Å². The molecule has 0 saturated carbocycles. The van der Waals surface area contributed by atoms with Gasteiger partial charge < -0.3 is 24.7 Å². The molecule has 0 aliphatic carbocycles. The SMILES string of the molecule is CCN(CC)c1ccc(N2CC=C[C@]34S[C@@H]5C=CCN(Cc6ccccc6)C(=O)[C@@H]5[C@H]3C(=O)N([C@@H](CO)C(C)C)C4C2=O)cc1. The molecule has 2 aromatic carbocycles. The first-order valence-corrected chi connectivity index (χ1v) is 17.1.